The SMILES string of the molecule is CCc1n[nH]c(=S)n1/N=C\c1ccc(OCc2ccccc2F)c(OC)c1. The molecule has 8 heteroatoms. The third-order valence-corrected chi connectivity index (χ3v) is 4.15. The van der Waals surface area contributed by atoms with Crippen LogP contribution in [-0.2, 0) is 13.0 Å². The van der Waals surface area contributed by atoms with E-state index in [0.29, 0.717) is 28.3 Å². The lowest BCUT2D eigenvalue weighted by Crippen LogP contribution is -2.01. The topological polar surface area (TPSA) is 64.4 Å². The monoisotopic (exact) mass is 386 g/mol. The Kier molecular flexibility index (Phi) is 5.97. The van der Waals surface area contributed by atoms with Crippen molar-refractivity contribution in [3.63, 3.8) is 0 Å². The summed E-state index contributed by atoms with van der Waals surface area (Å²) in [5, 5.41) is 11.2. The first-order valence-electron chi connectivity index (χ1n) is 8.37. The van der Waals surface area contributed by atoms with Crippen molar-refractivity contribution in [2.24, 2.45) is 5.10 Å². The van der Waals surface area contributed by atoms with Crippen LogP contribution in [0, 0.1) is 10.6 Å². The fraction of sp³-hybridized carbons (Fsp3) is 0.211. The van der Waals surface area contributed by atoms with Gasteiger partial charge >= 0.3 is 0 Å². The molecule has 1 heterocycles. The molecule has 27 heavy (non-hydrogen) atoms. The Hall–Kier alpha value is -3.00. The van der Waals surface area contributed by atoms with Crippen molar-refractivity contribution in [1.82, 2.24) is 14.9 Å². The van der Waals surface area contributed by atoms with Crippen molar-refractivity contribution in [3.8, 4) is 11.5 Å². The number of hydrogen-bond acceptors (Lipinski definition) is 5. The van der Waals surface area contributed by atoms with Gasteiger partial charge in [0.05, 0.1) is 13.3 Å². The Morgan fingerprint density at radius 2 is 2.07 bits per heavy atom. The number of aromatic amines is 1. The number of ether oxygens (including phenoxy) is 2. The molecule has 0 saturated carbocycles. The highest BCUT2D eigenvalue weighted by molar-refractivity contribution is 7.71. The van der Waals surface area contributed by atoms with Crippen molar-refractivity contribution in [2.75, 3.05) is 7.11 Å². The molecule has 0 radical (unpaired) electrons. The van der Waals surface area contributed by atoms with Crippen LogP contribution in [0.2, 0.25) is 0 Å². The smallest absolute Gasteiger partial charge is 0.216 e. The summed E-state index contributed by atoms with van der Waals surface area (Å²) in [5.74, 6) is 1.49. The Balaban J connectivity index is 1.78. The maximum absolute atomic E-state index is 13.7. The van der Waals surface area contributed by atoms with E-state index < -0.39 is 0 Å². The van der Waals surface area contributed by atoms with Crippen molar-refractivity contribution >= 4 is 18.4 Å². The first kappa shape index (κ1) is 18.8. The van der Waals surface area contributed by atoms with Gasteiger partial charge < -0.3 is 9.47 Å². The van der Waals surface area contributed by atoms with Gasteiger partial charge in [0.1, 0.15) is 12.4 Å². The summed E-state index contributed by atoms with van der Waals surface area (Å²) in [4.78, 5) is 0. The molecule has 0 aliphatic heterocycles. The van der Waals surface area contributed by atoms with Crippen LogP contribution in [0.4, 0.5) is 4.39 Å². The third-order valence-electron chi connectivity index (χ3n) is 3.88. The summed E-state index contributed by atoms with van der Waals surface area (Å²) in [6, 6.07) is 11.9. The van der Waals surface area contributed by atoms with Gasteiger partial charge in [-0.2, -0.15) is 14.9 Å². The third kappa shape index (κ3) is 4.40. The summed E-state index contributed by atoms with van der Waals surface area (Å²) >= 11 is 5.17. The second-order valence-corrected chi connectivity index (χ2v) is 6.03. The predicted octanol–water partition coefficient (Wildman–Crippen LogP) is 4.11. The molecule has 1 N–H and O–H groups in total. The first-order chi connectivity index (χ1) is 13.1. The zero-order chi connectivity index (χ0) is 19.2. The summed E-state index contributed by atoms with van der Waals surface area (Å²) in [6.07, 6.45) is 2.37. The lowest BCUT2D eigenvalue weighted by atomic mass is 10.2. The van der Waals surface area contributed by atoms with E-state index in [2.05, 4.69) is 15.3 Å². The molecule has 0 unspecified atom stereocenters. The molecule has 0 saturated heterocycles. The average Bonchev–Trinajstić information content (AvgIpc) is 3.05. The molecule has 0 aliphatic carbocycles. The highest BCUT2D eigenvalue weighted by Gasteiger charge is 2.08. The van der Waals surface area contributed by atoms with Crippen molar-refractivity contribution in [3.05, 3.63) is 70.0 Å². The molecule has 0 amide bonds. The number of benzene rings is 2. The zero-order valence-electron chi connectivity index (χ0n) is 15.0. The molecule has 3 aromatic rings. The Morgan fingerprint density at radius 3 is 2.81 bits per heavy atom. The molecule has 3 rings (SSSR count). The van der Waals surface area contributed by atoms with E-state index in [1.807, 2.05) is 13.0 Å². The summed E-state index contributed by atoms with van der Waals surface area (Å²) in [6.45, 7) is 2.09. The largest absolute Gasteiger partial charge is 0.493 e. The van der Waals surface area contributed by atoms with Gasteiger partial charge in [0.2, 0.25) is 4.77 Å². The van der Waals surface area contributed by atoms with E-state index in [9.17, 15) is 4.39 Å². The van der Waals surface area contributed by atoms with Crippen molar-refractivity contribution in [2.45, 2.75) is 20.0 Å². The maximum atomic E-state index is 13.7. The molecular weight excluding hydrogens is 367 g/mol. The van der Waals surface area contributed by atoms with Crippen molar-refractivity contribution < 1.29 is 13.9 Å². The number of methoxy groups -OCH3 is 1. The van der Waals surface area contributed by atoms with E-state index in [4.69, 9.17) is 21.7 Å². The van der Waals surface area contributed by atoms with E-state index in [1.165, 1.54) is 6.07 Å². The molecule has 0 aliphatic rings. The molecule has 0 bridgehead atoms. The van der Waals surface area contributed by atoms with Crippen LogP contribution in [0.25, 0.3) is 0 Å². The Bertz CT molecular complexity index is 1010. The molecule has 0 spiro atoms. The van der Waals surface area contributed by atoms with Gasteiger partial charge in [-0.15, -0.1) is 0 Å². The van der Waals surface area contributed by atoms with Crippen LogP contribution in [0.15, 0.2) is 47.6 Å². The minimum atomic E-state index is -0.302. The van der Waals surface area contributed by atoms with Crippen LogP contribution in [0.3, 0.4) is 0 Å². The second kappa shape index (κ2) is 8.59. The number of hydrogen-bond donors (Lipinski definition) is 1. The minimum Gasteiger partial charge on any atom is -0.493 e. The first-order valence-corrected chi connectivity index (χ1v) is 8.78. The van der Waals surface area contributed by atoms with Crippen LogP contribution in [-0.4, -0.2) is 28.2 Å². The molecule has 1 aromatic heterocycles. The van der Waals surface area contributed by atoms with Gasteiger partial charge in [0.15, 0.2) is 17.3 Å². The van der Waals surface area contributed by atoms with Gasteiger partial charge in [-0.1, -0.05) is 25.1 Å². The Morgan fingerprint density at radius 1 is 1.26 bits per heavy atom. The van der Waals surface area contributed by atoms with E-state index in [0.717, 1.165) is 11.4 Å². The molecular formula is C19H19FN4O2S. The number of aryl methyl sites for hydroxylation is 1. The molecule has 6 nitrogen and oxygen atoms in total. The predicted molar refractivity (Wildman–Crippen MR) is 104 cm³/mol. The van der Waals surface area contributed by atoms with Crippen LogP contribution >= 0.6 is 12.2 Å². The quantitative estimate of drug-likeness (QED) is 0.490. The highest BCUT2D eigenvalue weighted by Crippen LogP contribution is 2.28. The minimum absolute atomic E-state index is 0.112. The second-order valence-electron chi connectivity index (χ2n) is 5.65. The molecule has 2 aromatic carbocycles. The van der Waals surface area contributed by atoms with E-state index in [1.54, 1.807) is 48.3 Å². The fourth-order valence-electron chi connectivity index (χ4n) is 2.45. The van der Waals surface area contributed by atoms with Gasteiger partial charge in [-0.05, 0) is 42.0 Å². The van der Waals surface area contributed by atoms with Gasteiger partial charge in [-0.3, -0.25) is 5.10 Å². The number of nitrogens with one attached hydrogen (secondary N) is 1. The van der Waals surface area contributed by atoms with Gasteiger partial charge in [0.25, 0.3) is 0 Å². The number of H-pyrrole nitrogens is 1. The lowest BCUT2D eigenvalue weighted by molar-refractivity contribution is 0.279. The normalized spacial score (nSPS) is 11.1. The zero-order valence-corrected chi connectivity index (χ0v) is 15.8. The van der Waals surface area contributed by atoms with Crippen LogP contribution in [0.1, 0.15) is 23.9 Å². The highest BCUT2D eigenvalue weighted by atomic mass is 32.1. The fourth-order valence-corrected chi connectivity index (χ4v) is 2.65. The van der Waals surface area contributed by atoms with E-state index >= 15 is 0 Å². The van der Waals surface area contributed by atoms with E-state index in [-0.39, 0.29) is 12.4 Å². The molecule has 140 valence electrons. The Labute approximate surface area is 161 Å². The summed E-state index contributed by atoms with van der Waals surface area (Å²) < 4.78 is 26.8. The summed E-state index contributed by atoms with van der Waals surface area (Å²) in [7, 11) is 1.55. The van der Waals surface area contributed by atoms with Crippen LogP contribution in [0.5, 0.6) is 11.5 Å². The number of nitrogens with zero attached hydrogens (tertiary/aromatic N) is 3. The number of aromatic nitrogens is 3. The average molecular weight is 386 g/mol. The summed E-state index contributed by atoms with van der Waals surface area (Å²) in [5.41, 5.74) is 1.28. The lowest BCUT2D eigenvalue weighted by Gasteiger charge is -2.11. The molecule has 0 fully saturated rings. The van der Waals surface area contributed by atoms with Crippen molar-refractivity contribution in [1.29, 1.82) is 0 Å². The maximum Gasteiger partial charge on any atom is 0.216 e. The standard InChI is InChI=1S/C19H19FN4O2S/c1-3-18-22-23-19(27)24(18)21-11-13-8-9-16(17(10-13)25-2)26-12-14-6-4-5-7-15(14)20/h4-11H,3,12H2,1-2H3,(H,23,27)/b21-11-. The van der Waals surface area contributed by atoms with Gasteiger partial charge in [0, 0.05) is 12.0 Å². The number of halogens is 1. The number of rotatable bonds is 7. The van der Waals surface area contributed by atoms with Gasteiger partial charge in [-0.25, -0.2) is 4.39 Å². The van der Waals surface area contributed by atoms with Crippen LogP contribution < -0.4 is 9.47 Å². The molecule has 0 atom stereocenters.